The van der Waals surface area contributed by atoms with Gasteiger partial charge in [-0.15, -0.1) is 0 Å². The first-order chi connectivity index (χ1) is 21.8. The molecule has 2 aliphatic heterocycles. The normalized spacial score (nSPS) is 23.4. The molecule has 45 heavy (non-hydrogen) atoms. The summed E-state index contributed by atoms with van der Waals surface area (Å²) in [7, 11) is 0. The predicted molar refractivity (Wildman–Crippen MR) is 173 cm³/mol. The third-order valence-electron chi connectivity index (χ3n) is 9.03. The number of rotatable bonds is 26. The van der Waals surface area contributed by atoms with Crippen LogP contribution in [-0.2, 0) is 19.1 Å². The first kappa shape index (κ1) is 39.2. The molecular weight excluding hydrogens is 578 g/mol. The Morgan fingerprint density at radius 1 is 0.778 bits per heavy atom. The summed E-state index contributed by atoms with van der Waals surface area (Å²) in [6.45, 7) is 4.42. The molecule has 5 N–H and O–H groups in total. The molecule has 6 atom stereocenters. The molecule has 2 fully saturated rings. The highest BCUT2D eigenvalue weighted by atomic mass is 16.6. The van der Waals surface area contributed by atoms with Crippen molar-refractivity contribution in [1.82, 2.24) is 15.5 Å². The fourth-order valence-corrected chi connectivity index (χ4v) is 6.13. The van der Waals surface area contributed by atoms with Crippen molar-refractivity contribution in [3.63, 3.8) is 0 Å². The van der Waals surface area contributed by atoms with Crippen molar-refractivity contribution in [2.45, 2.75) is 179 Å². The number of aliphatic hydroxyl groups excluding tert-OH is 3. The number of ether oxygens (including phenoxy) is 2. The maximum atomic E-state index is 13.2. The number of hydrogen-bond donors (Lipinski definition) is 5. The van der Waals surface area contributed by atoms with Gasteiger partial charge in [-0.25, -0.2) is 4.79 Å². The van der Waals surface area contributed by atoms with Crippen molar-refractivity contribution in [3.05, 3.63) is 0 Å². The summed E-state index contributed by atoms with van der Waals surface area (Å²) >= 11 is 0. The monoisotopic (exact) mass is 641 g/mol. The zero-order valence-corrected chi connectivity index (χ0v) is 28.1. The molecule has 0 aliphatic carbocycles. The highest BCUT2D eigenvalue weighted by Crippen LogP contribution is 2.30. The number of nitrogens with one attached hydrogen (secondary N) is 2. The Hall–Kier alpha value is -1.95. The number of carbonyl (C=O) groups is 3. The Balaban J connectivity index is 1.82. The Bertz CT molecular complexity index is 831. The largest absolute Gasteiger partial charge is 0.447 e. The molecule has 0 aromatic rings. The summed E-state index contributed by atoms with van der Waals surface area (Å²) in [5.41, 5.74) is 0. The minimum Gasteiger partial charge on any atom is -0.447 e. The van der Waals surface area contributed by atoms with Crippen LogP contribution in [0.15, 0.2) is 0 Å². The van der Waals surface area contributed by atoms with Gasteiger partial charge in [0.2, 0.25) is 11.8 Å². The van der Waals surface area contributed by atoms with Crippen LogP contribution in [0.5, 0.6) is 0 Å². The highest BCUT2D eigenvalue weighted by Gasteiger charge is 2.54. The Morgan fingerprint density at radius 3 is 1.84 bits per heavy atom. The quantitative estimate of drug-likeness (QED) is 0.0852. The molecule has 0 aromatic carbocycles. The van der Waals surface area contributed by atoms with Gasteiger partial charge in [0.1, 0.15) is 37.0 Å². The number of aliphatic hydroxyl groups is 3. The second-order valence-corrected chi connectivity index (χ2v) is 12.9. The molecule has 0 spiro atoms. The van der Waals surface area contributed by atoms with Gasteiger partial charge in [-0.1, -0.05) is 123 Å². The molecule has 262 valence electrons. The highest BCUT2D eigenvalue weighted by molar-refractivity contribution is 5.87. The summed E-state index contributed by atoms with van der Waals surface area (Å²) < 4.78 is 10.8. The van der Waals surface area contributed by atoms with Crippen LogP contribution in [0.4, 0.5) is 4.79 Å². The Labute approximate surface area is 271 Å². The number of nitrogens with zero attached hydrogens (tertiary/aromatic N) is 1. The van der Waals surface area contributed by atoms with E-state index in [4.69, 9.17) is 9.47 Å². The third kappa shape index (κ3) is 14.6. The van der Waals surface area contributed by atoms with E-state index in [1.807, 2.05) is 0 Å². The van der Waals surface area contributed by atoms with Crippen LogP contribution < -0.4 is 10.6 Å². The van der Waals surface area contributed by atoms with Gasteiger partial charge in [0.15, 0.2) is 6.23 Å². The SMILES string of the molecule is CCCCCCCCCCCCNC(=O)[C@H](CO[C@@H]1C(O)[C@@H](O)[C@H](O)C2COC(=O)N21)NC(=O)CCCCCCCCCCC. The first-order valence-corrected chi connectivity index (χ1v) is 18.0. The lowest BCUT2D eigenvalue weighted by Gasteiger charge is -2.43. The van der Waals surface area contributed by atoms with Crippen LogP contribution in [-0.4, -0.2) is 94.5 Å². The van der Waals surface area contributed by atoms with Crippen LogP contribution in [0.3, 0.4) is 0 Å². The van der Waals surface area contributed by atoms with Gasteiger partial charge in [-0.3, -0.25) is 14.5 Å². The molecule has 11 heteroatoms. The number of cyclic esters (lactones) is 1. The number of carbonyl (C=O) groups excluding carboxylic acids is 3. The van der Waals surface area contributed by atoms with E-state index in [1.54, 1.807) is 0 Å². The molecule has 11 nitrogen and oxygen atoms in total. The molecule has 2 aliphatic rings. The molecule has 0 radical (unpaired) electrons. The van der Waals surface area contributed by atoms with Gasteiger partial charge >= 0.3 is 6.09 Å². The molecule has 2 rings (SSSR count). The number of unbranched alkanes of at least 4 members (excludes halogenated alkanes) is 17. The second kappa shape index (κ2) is 23.4. The molecule has 2 saturated heterocycles. The zero-order valence-electron chi connectivity index (χ0n) is 28.1. The smallest absolute Gasteiger partial charge is 0.412 e. The Kier molecular flexibility index (Phi) is 20.4. The van der Waals surface area contributed by atoms with E-state index >= 15 is 0 Å². The van der Waals surface area contributed by atoms with Crippen LogP contribution in [0.2, 0.25) is 0 Å². The van der Waals surface area contributed by atoms with E-state index < -0.39 is 48.6 Å². The number of amides is 3. The van der Waals surface area contributed by atoms with Crippen LogP contribution in [0.1, 0.15) is 142 Å². The predicted octanol–water partition coefficient (Wildman–Crippen LogP) is 4.69. The average Bonchev–Trinajstić information content (AvgIpc) is 3.42. The van der Waals surface area contributed by atoms with Crippen molar-refractivity contribution < 1.29 is 39.2 Å². The standard InChI is InChI=1S/C34H63N3O8/c1-3-5-7-9-11-13-15-17-19-21-23-35-32(42)26(36-28(38)22-20-18-16-14-12-10-8-6-4-2)24-44-33-31(41)30(40)29(39)27-25-45-34(43)37(27)33/h26-27,29-31,33,39-41H,3-25H2,1-2H3,(H,35,42)(H,36,38)/t26-,27?,29+,30-,31?,33+/m0/s1. The first-order valence-electron chi connectivity index (χ1n) is 18.0. The molecule has 2 unspecified atom stereocenters. The lowest BCUT2D eigenvalue weighted by atomic mass is 9.94. The summed E-state index contributed by atoms with van der Waals surface area (Å²) in [5, 5.41) is 36.9. The van der Waals surface area contributed by atoms with Gasteiger partial charge in [0, 0.05) is 13.0 Å². The van der Waals surface area contributed by atoms with E-state index in [2.05, 4.69) is 24.5 Å². The topological polar surface area (TPSA) is 158 Å². The molecule has 0 saturated carbocycles. The van der Waals surface area contributed by atoms with Crippen molar-refractivity contribution in [3.8, 4) is 0 Å². The summed E-state index contributed by atoms with van der Waals surface area (Å²) in [5.74, 6) is -0.670. The molecule has 0 bridgehead atoms. The van der Waals surface area contributed by atoms with Crippen LogP contribution >= 0.6 is 0 Å². The van der Waals surface area contributed by atoms with Crippen molar-refractivity contribution in [2.24, 2.45) is 0 Å². The summed E-state index contributed by atoms with van der Waals surface area (Å²) in [6, 6.07) is -1.93. The van der Waals surface area contributed by atoms with E-state index in [1.165, 1.54) is 77.0 Å². The summed E-state index contributed by atoms with van der Waals surface area (Å²) in [4.78, 5) is 39.4. The van der Waals surface area contributed by atoms with E-state index in [0.717, 1.165) is 49.8 Å². The van der Waals surface area contributed by atoms with Gasteiger partial charge in [0.25, 0.3) is 0 Å². The second-order valence-electron chi connectivity index (χ2n) is 12.9. The maximum Gasteiger partial charge on any atom is 0.412 e. The fraction of sp³-hybridized carbons (Fsp3) is 0.912. The van der Waals surface area contributed by atoms with Gasteiger partial charge < -0.3 is 35.4 Å². The number of piperidine rings is 1. The van der Waals surface area contributed by atoms with E-state index in [-0.39, 0.29) is 25.5 Å². The minimum atomic E-state index is -1.62. The fourth-order valence-electron chi connectivity index (χ4n) is 6.13. The van der Waals surface area contributed by atoms with Crippen LogP contribution in [0.25, 0.3) is 0 Å². The van der Waals surface area contributed by atoms with Gasteiger partial charge in [-0.2, -0.15) is 0 Å². The van der Waals surface area contributed by atoms with Gasteiger partial charge in [-0.05, 0) is 12.8 Å². The number of fused-ring (bicyclic) bond motifs is 1. The molecular formula is C34H63N3O8. The van der Waals surface area contributed by atoms with E-state index in [0.29, 0.717) is 6.54 Å². The molecule has 3 amide bonds. The minimum absolute atomic E-state index is 0.151. The third-order valence-corrected chi connectivity index (χ3v) is 9.03. The van der Waals surface area contributed by atoms with Crippen molar-refractivity contribution >= 4 is 17.9 Å². The zero-order chi connectivity index (χ0) is 32.9. The lowest BCUT2D eigenvalue weighted by Crippen LogP contribution is -2.66. The molecule has 0 aromatic heterocycles. The lowest BCUT2D eigenvalue weighted by molar-refractivity contribution is -0.212. The average molecular weight is 642 g/mol. The van der Waals surface area contributed by atoms with Crippen LogP contribution in [0, 0.1) is 0 Å². The number of hydrogen-bond acceptors (Lipinski definition) is 8. The van der Waals surface area contributed by atoms with Crippen molar-refractivity contribution in [2.75, 3.05) is 19.8 Å². The summed E-state index contributed by atoms with van der Waals surface area (Å²) in [6.07, 6.45) is 15.6. The van der Waals surface area contributed by atoms with Gasteiger partial charge in [0.05, 0.1) is 6.61 Å². The van der Waals surface area contributed by atoms with Crippen molar-refractivity contribution in [1.29, 1.82) is 0 Å². The maximum absolute atomic E-state index is 13.2. The van der Waals surface area contributed by atoms with E-state index in [9.17, 15) is 29.7 Å². The molecule has 2 heterocycles. The Morgan fingerprint density at radius 2 is 1.29 bits per heavy atom.